The number of fused-ring (bicyclic) bond motifs is 1. The van der Waals surface area contributed by atoms with Crippen LogP contribution < -0.4 is 5.32 Å². The number of non-ortho nitro benzene ring substituents is 1. The molecule has 1 amide bonds. The van der Waals surface area contributed by atoms with Crippen molar-refractivity contribution in [3.05, 3.63) is 80.2 Å². The Morgan fingerprint density at radius 1 is 1.25 bits per heavy atom. The number of nitro groups is 1. The molecule has 0 bridgehead atoms. The quantitative estimate of drug-likeness (QED) is 0.495. The number of nitro benzene ring substituents is 1. The van der Waals surface area contributed by atoms with E-state index in [-0.39, 0.29) is 22.1 Å². The Bertz CT molecular complexity index is 1100. The van der Waals surface area contributed by atoms with Gasteiger partial charge in [0, 0.05) is 29.2 Å². The number of anilines is 1. The molecule has 1 N–H and O–H groups in total. The van der Waals surface area contributed by atoms with E-state index in [1.165, 1.54) is 28.9 Å². The summed E-state index contributed by atoms with van der Waals surface area (Å²) in [7, 11) is 0. The topological polar surface area (TPSA) is 90.1 Å². The Kier molecular flexibility index (Phi) is 4.78. The minimum absolute atomic E-state index is 0.0119. The number of carbonyl (C=O) groups excluding carboxylic acids is 1. The molecule has 2 aromatic carbocycles. The van der Waals surface area contributed by atoms with E-state index in [0.717, 1.165) is 17.3 Å². The maximum absolute atomic E-state index is 13.3. The van der Waals surface area contributed by atoms with Crippen molar-refractivity contribution in [1.82, 2.24) is 9.78 Å². The van der Waals surface area contributed by atoms with Gasteiger partial charge in [-0.05, 0) is 30.3 Å². The number of aromatic nitrogens is 2. The molecular formula is C18H12ClFN4O3S. The molecule has 0 radical (unpaired) electrons. The summed E-state index contributed by atoms with van der Waals surface area (Å²) in [6.45, 7) is 0. The van der Waals surface area contributed by atoms with E-state index in [9.17, 15) is 19.3 Å². The first-order valence-corrected chi connectivity index (χ1v) is 9.67. The summed E-state index contributed by atoms with van der Waals surface area (Å²) in [5, 5.41) is 18.4. The van der Waals surface area contributed by atoms with E-state index in [2.05, 4.69) is 10.4 Å². The van der Waals surface area contributed by atoms with Crippen LogP contribution in [0, 0.1) is 15.9 Å². The molecule has 1 aromatic heterocycles. The van der Waals surface area contributed by atoms with Gasteiger partial charge in [-0.3, -0.25) is 14.9 Å². The van der Waals surface area contributed by atoms with Crippen LogP contribution in [0.25, 0.3) is 5.69 Å². The molecule has 0 saturated carbocycles. The maximum Gasteiger partial charge on any atom is 0.270 e. The zero-order valence-corrected chi connectivity index (χ0v) is 15.8. The smallest absolute Gasteiger partial charge is 0.270 e. The van der Waals surface area contributed by atoms with E-state index in [4.69, 9.17) is 11.6 Å². The van der Waals surface area contributed by atoms with Gasteiger partial charge in [-0.25, -0.2) is 9.07 Å². The van der Waals surface area contributed by atoms with Crippen LogP contribution in [0.2, 0.25) is 5.02 Å². The van der Waals surface area contributed by atoms with Crippen molar-refractivity contribution in [2.75, 3.05) is 5.32 Å². The van der Waals surface area contributed by atoms with Crippen LogP contribution in [0.5, 0.6) is 0 Å². The summed E-state index contributed by atoms with van der Waals surface area (Å²) in [4.78, 5) is 23.2. The standard InChI is InChI=1S/C18H12ClFN4O3S/c19-15-6-5-12(24(26)27)7-13(15)18(25)21-17-14-8-28-9-16(14)22-23(17)11-3-1-10(20)2-4-11/h1-7H,8-9H2,(H,21,25). The second-order valence-electron chi connectivity index (χ2n) is 6.03. The lowest BCUT2D eigenvalue weighted by atomic mass is 10.2. The fraction of sp³-hybridized carbons (Fsp3) is 0.111. The zero-order valence-electron chi connectivity index (χ0n) is 14.2. The molecule has 1 aliphatic heterocycles. The number of amides is 1. The lowest BCUT2D eigenvalue weighted by molar-refractivity contribution is -0.384. The van der Waals surface area contributed by atoms with Crippen molar-refractivity contribution in [2.45, 2.75) is 11.5 Å². The molecule has 0 saturated heterocycles. The van der Waals surface area contributed by atoms with Gasteiger partial charge in [0.25, 0.3) is 11.6 Å². The van der Waals surface area contributed by atoms with Crippen LogP contribution in [0.4, 0.5) is 15.9 Å². The third-order valence-electron chi connectivity index (χ3n) is 4.26. The second kappa shape index (κ2) is 7.25. The van der Waals surface area contributed by atoms with E-state index >= 15 is 0 Å². The molecule has 2 heterocycles. The lowest BCUT2D eigenvalue weighted by Gasteiger charge is -2.12. The van der Waals surface area contributed by atoms with Crippen molar-refractivity contribution in [3.8, 4) is 5.69 Å². The van der Waals surface area contributed by atoms with Crippen molar-refractivity contribution < 1.29 is 14.1 Å². The third-order valence-corrected chi connectivity index (χ3v) is 5.56. The van der Waals surface area contributed by atoms with Crippen molar-refractivity contribution in [3.63, 3.8) is 0 Å². The van der Waals surface area contributed by atoms with Gasteiger partial charge in [-0.15, -0.1) is 0 Å². The Morgan fingerprint density at radius 3 is 2.71 bits per heavy atom. The largest absolute Gasteiger partial charge is 0.306 e. The highest BCUT2D eigenvalue weighted by Crippen LogP contribution is 2.36. The fourth-order valence-corrected chi connectivity index (χ4v) is 4.12. The molecule has 0 atom stereocenters. The molecule has 142 valence electrons. The number of carbonyl (C=O) groups is 1. The van der Waals surface area contributed by atoms with Gasteiger partial charge in [-0.2, -0.15) is 16.9 Å². The minimum atomic E-state index is -0.593. The summed E-state index contributed by atoms with van der Waals surface area (Å²) in [6, 6.07) is 9.40. The summed E-state index contributed by atoms with van der Waals surface area (Å²) >= 11 is 7.74. The number of halogens is 2. The molecule has 3 aromatic rings. The number of benzene rings is 2. The molecule has 7 nitrogen and oxygen atoms in total. The average molecular weight is 419 g/mol. The summed E-state index contributed by atoms with van der Waals surface area (Å²) in [5.74, 6) is 0.836. The molecule has 0 spiro atoms. The van der Waals surface area contributed by atoms with Crippen LogP contribution in [-0.4, -0.2) is 20.6 Å². The monoisotopic (exact) mass is 418 g/mol. The lowest BCUT2D eigenvalue weighted by Crippen LogP contribution is -2.17. The van der Waals surface area contributed by atoms with E-state index < -0.39 is 10.8 Å². The summed E-state index contributed by atoms with van der Waals surface area (Å²) in [6.07, 6.45) is 0. The second-order valence-corrected chi connectivity index (χ2v) is 7.42. The molecule has 1 aliphatic rings. The van der Waals surface area contributed by atoms with Gasteiger partial charge >= 0.3 is 0 Å². The minimum Gasteiger partial charge on any atom is -0.306 e. The normalized spacial score (nSPS) is 12.6. The highest BCUT2D eigenvalue weighted by atomic mass is 35.5. The van der Waals surface area contributed by atoms with Gasteiger partial charge in [0.15, 0.2) is 0 Å². The SMILES string of the molecule is O=C(Nc1c2c(nn1-c1ccc(F)cc1)CSC2)c1cc([N+](=O)[O-])ccc1Cl. The van der Waals surface area contributed by atoms with Crippen molar-refractivity contribution >= 4 is 40.8 Å². The van der Waals surface area contributed by atoms with Gasteiger partial charge < -0.3 is 5.32 Å². The highest BCUT2D eigenvalue weighted by Gasteiger charge is 2.26. The maximum atomic E-state index is 13.3. The average Bonchev–Trinajstić information content (AvgIpc) is 3.25. The van der Waals surface area contributed by atoms with E-state index in [1.807, 2.05) is 0 Å². The number of nitrogens with one attached hydrogen (secondary N) is 1. The summed E-state index contributed by atoms with van der Waals surface area (Å²) < 4.78 is 14.8. The molecule has 4 rings (SSSR count). The Morgan fingerprint density at radius 2 is 2.00 bits per heavy atom. The number of nitrogens with zero attached hydrogens (tertiary/aromatic N) is 3. The number of thioether (sulfide) groups is 1. The van der Waals surface area contributed by atoms with E-state index in [0.29, 0.717) is 23.0 Å². The Balaban J connectivity index is 1.74. The van der Waals surface area contributed by atoms with Crippen LogP contribution in [0.15, 0.2) is 42.5 Å². The van der Waals surface area contributed by atoms with Gasteiger partial charge in [0.05, 0.1) is 26.9 Å². The van der Waals surface area contributed by atoms with Crippen LogP contribution in [-0.2, 0) is 11.5 Å². The highest BCUT2D eigenvalue weighted by molar-refractivity contribution is 7.98. The number of hydrogen-bond donors (Lipinski definition) is 1. The van der Waals surface area contributed by atoms with Crippen LogP contribution >= 0.6 is 23.4 Å². The van der Waals surface area contributed by atoms with Crippen LogP contribution in [0.3, 0.4) is 0 Å². The zero-order chi connectivity index (χ0) is 19.8. The predicted octanol–water partition coefficient (Wildman–Crippen LogP) is 4.57. The summed E-state index contributed by atoms with van der Waals surface area (Å²) in [5.41, 5.74) is 2.03. The Labute approximate surface area is 167 Å². The molecule has 0 aliphatic carbocycles. The van der Waals surface area contributed by atoms with Crippen molar-refractivity contribution in [2.24, 2.45) is 0 Å². The van der Waals surface area contributed by atoms with Gasteiger partial charge in [0.2, 0.25) is 0 Å². The first-order valence-electron chi connectivity index (χ1n) is 8.14. The third kappa shape index (κ3) is 3.34. The molecule has 28 heavy (non-hydrogen) atoms. The van der Waals surface area contributed by atoms with E-state index in [1.54, 1.807) is 23.9 Å². The molecule has 0 unspecified atom stereocenters. The molecular weight excluding hydrogens is 407 g/mol. The number of hydrogen-bond acceptors (Lipinski definition) is 5. The molecule has 10 heteroatoms. The predicted molar refractivity (Wildman–Crippen MR) is 105 cm³/mol. The van der Waals surface area contributed by atoms with Gasteiger partial charge in [-0.1, -0.05) is 11.6 Å². The first kappa shape index (κ1) is 18.5. The van der Waals surface area contributed by atoms with Crippen LogP contribution in [0.1, 0.15) is 21.6 Å². The van der Waals surface area contributed by atoms with Gasteiger partial charge in [0.1, 0.15) is 11.6 Å². The number of rotatable bonds is 4. The fourth-order valence-electron chi connectivity index (χ4n) is 2.89. The first-order chi connectivity index (χ1) is 13.4. The molecule has 0 fully saturated rings. The van der Waals surface area contributed by atoms with Crippen molar-refractivity contribution in [1.29, 1.82) is 0 Å². The Hall–Kier alpha value is -2.91.